The van der Waals surface area contributed by atoms with Gasteiger partial charge in [0.1, 0.15) is 73.4 Å². The highest BCUT2D eigenvalue weighted by atomic mass is 16.8. The maximum atomic E-state index is 14.9. The molecule has 66 heavy (non-hydrogen) atoms. The van der Waals surface area contributed by atoms with Gasteiger partial charge in [-0.05, 0) is 112 Å². The van der Waals surface area contributed by atoms with Crippen LogP contribution in [0.25, 0.3) is 0 Å². The van der Waals surface area contributed by atoms with Crippen LogP contribution in [-0.4, -0.2) is 185 Å². The molecule has 0 spiro atoms. The fourth-order valence-corrected chi connectivity index (χ4v) is 14.5. The summed E-state index contributed by atoms with van der Waals surface area (Å²) >= 11 is 0. The molecule has 19 nitrogen and oxygen atoms in total. The third kappa shape index (κ3) is 7.78. The zero-order valence-electron chi connectivity index (χ0n) is 38.8. The molecule has 11 N–H and O–H groups in total. The Morgan fingerprint density at radius 1 is 0.727 bits per heavy atom. The summed E-state index contributed by atoms with van der Waals surface area (Å²) in [5.74, 6) is -0.930. The van der Waals surface area contributed by atoms with Gasteiger partial charge in [0.05, 0.1) is 41.9 Å². The maximum Gasteiger partial charge on any atom is 0.315 e. The molecule has 8 rings (SSSR count). The van der Waals surface area contributed by atoms with Crippen LogP contribution in [0.15, 0.2) is 11.6 Å². The first-order chi connectivity index (χ1) is 30.8. The van der Waals surface area contributed by atoms with Crippen molar-refractivity contribution in [2.45, 2.75) is 210 Å². The normalized spacial score (nSPS) is 56.1. The minimum absolute atomic E-state index is 0.00694. The molecule has 0 aromatic carbocycles. The molecule has 3 heterocycles. The quantitative estimate of drug-likeness (QED) is 0.0756. The number of aliphatic hydroxyl groups excluding tert-OH is 10. The minimum Gasteiger partial charge on any atom is -0.432 e. The smallest absolute Gasteiger partial charge is 0.315 e. The Hall–Kier alpha value is -1.76. The van der Waals surface area contributed by atoms with Gasteiger partial charge < -0.3 is 89.4 Å². The summed E-state index contributed by atoms with van der Waals surface area (Å²) in [6.07, 6.45) is -16.6. The number of fused-ring (bicyclic) bond motifs is 7. The molecule has 0 bridgehead atoms. The zero-order chi connectivity index (χ0) is 48.3. The van der Waals surface area contributed by atoms with E-state index in [1.807, 2.05) is 6.92 Å². The third-order valence-electron chi connectivity index (χ3n) is 19.0. The average Bonchev–Trinajstić information content (AvgIpc) is 3.27. The van der Waals surface area contributed by atoms with Crippen molar-refractivity contribution >= 4 is 12.3 Å². The highest BCUT2D eigenvalue weighted by Gasteiger charge is 2.70. The highest BCUT2D eigenvalue weighted by molar-refractivity contribution is 5.79. The van der Waals surface area contributed by atoms with Crippen molar-refractivity contribution in [3.8, 4) is 0 Å². The largest absolute Gasteiger partial charge is 0.432 e. The molecule has 0 aromatic heterocycles. The van der Waals surface area contributed by atoms with Crippen molar-refractivity contribution in [2.75, 3.05) is 13.2 Å². The van der Waals surface area contributed by atoms with Crippen LogP contribution in [-0.2, 0) is 38.0 Å². The number of allylic oxidation sites excluding steroid dienone is 2. The lowest BCUT2D eigenvalue weighted by Crippen LogP contribution is -2.66. The molecular weight excluding hydrogens is 868 g/mol. The van der Waals surface area contributed by atoms with Crippen LogP contribution in [0.4, 0.5) is 0 Å². The van der Waals surface area contributed by atoms with Crippen molar-refractivity contribution in [3.05, 3.63) is 11.6 Å². The second kappa shape index (κ2) is 17.8. The van der Waals surface area contributed by atoms with E-state index in [0.29, 0.717) is 32.1 Å². The Kier molecular flexibility index (Phi) is 13.7. The van der Waals surface area contributed by atoms with Crippen molar-refractivity contribution in [3.63, 3.8) is 0 Å². The van der Waals surface area contributed by atoms with Crippen molar-refractivity contribution in [2.24, 2.45) is 44.8 Å². The van der Waals surface area contributed by atoms with Gasteiger partial charge in [0.25, 0.3) is 0 Å². The maximum absolute atomic E-state index is 14.9. The van der Waals surface area contributed by atoms with Crippen LogP contribution in [0.1, 0.15) is 106 Å². The number of hydrogen-bond donors (Lipinski definition) is 11. The zero-order valence-corrected chi connectivity index (χ0v) is 38.8. The first-order valence-electron chi connectivity index (χ1n) is 23.9. The standard InChI is InChI=1S/C47H74O19/c1-21-29(51)31(53)34(56)39(62-21)65-37-24(18-48)63-38(36(58)33(37)55)61-19-25-30(52)32(54)35(57)40(64-25)66-41(59)47-15-13-42(2,60)17-23(47)22-7-8-27-43(3)11-10-28(50)44(4,20-49)26(43)9-12-46(27,6)45(22,5)14-16-47/h7,20-21,23-40,48,50-58,60H,8-19H2,1-6H3/t21-,23+,24-,25-,26?,27?,28+,29+,30-,31-,32-,33+,34-,35-,36-,37-,38-,39+,40+,42-,43+,44+,45-,46-,47+/m1/s1. The molecule has 376 valence electrons. The topological polar surface area (TPSA) is 312 Å². The molecule has 0 amide bonds. The van der Waals surface area contributed by atoms with Crippen LogP contribution in [0.5, 0.6) is 0 Å². The highest BCUT2D eigenvalue weighted by Crippen LogP contribution is 2.75. The lowest BCUT2D eigenvalue weighted by Gasteiger charge is -2.70. The number of hydrogen-bond acceptors (Lipinski definition) is 19. The van der Waals surface area contributed by atoms with E-state index in [-0.39, 0.29) is 40.9 Å². The Balaban J connectivity index is 0.977. The van der Waals surface area contributed by atoms with Crippen molar-refractivity contribution in [1.82, 2.24) is 0 Å². The molecule has 5 aliphatic carbocycles. The molecule has 3 saturated heterocycles. The number of esters is 1. The van der Waals surface area contributed by atoms with Gasteiger partial charge in [-0.3, -0.25) is 4.79 Å². The summed E-state index contributed by atoms with van der Waals surface area (Å²) in [6, 6.07) is 0. The molecule has 0 radical (unpaired) electrons. The summed E-state index contributed by atoms with van der Waals surface area (Å²) in [5, 5.41) is 119. The molecular formula is C47H74O19. The fraction of sp³-hybridized carbons (Fsp3) is 0.915. The van der Waals surface area contributed by atoms with Gasteiger partial charge in [0.15, 0.2) is 12.6 Å². The van der Waals surface area contributed by atoms with E-state index < -0.39 is 140 Å². The lowest BCUT2D eigenvalue weighted by molar-refractivity contribution is -0.361. The Labute approximate surface area is 385 Å². The summed E-state index contributed by atoms with van der Waals surface area (Å²) in [7, 11) is 0. The molecule has 4 saturated carbocycles. The predicted molar refractivity (Wildman–Crippen MR) is 226 cm³/mol. The van der Waals surface area contributed by atoms with Crippen LogP contribution in [0.3, 0.4) is 0 Å². The van der Waals surface area contributed by atoms with Gasteiger partial charge in [-0.1, -0.05) is 39.3 Å². The Morgan fingerprint density at radius 3 is 2.05 bits per heavy atom. The number of aliphatic hydroxyl groups is 11. The molecule has 19 heteroatoms. The first kappa shape index (κ1) is 50.6. The summed E-state index contributed by atoms with van der Waals surface area (Å²) < 4.78 is 34.5. The van der Waals surface area contributed by atoms with Crippen LogP contribution in [0, 0.1) is 44.8 Å². The van der Waals surface area contributed by atoms with Gasteiger partial charge in [-0.2, -0.15) is 0 Å². The van der Waals surface area contributed by atoms with E-state index >= 15 is 0 Å². The summed E-state index contributed by atoms with van der Waals surface area (Å²) in [5.41, 5.74) is -2.84. The Morgan fingerprint density at radius 2 is 1.36 bits per heavy atom. The number of rotatable bonds is 9. The van der Waals surface area contributed by atoms with E-state index in [2.05, 4.69) is 26.8 Å². The van der Waals surface area contributed by atoms with E-state index in [1.54, 1.807) is 6.92 Å². The van der Waals surface area contributed by atoms with Crippen molar-refractivity contribution in [1.29, 1.82) is 0 Å². The van der Waals surface area contributed by atoms with E-state index in [0.717, 1.165) is 31.1 Å². The molecule has 0 aromatic rings. The third-order valence-corrected chi connectivity index (χ3v) is 19.0. The molecule has 3 aliphatic heterocycles. The average molecular weight is 943 g/mol. The number of carbonyl (C=O) groups is 2. The van der Waals surface area contributed by atoms with Gasteiger partial charge >= 0.3 is 5.97 Å². The van der Waals surface area contributed by atoms with Gasteiger partial charge in [-0.25, -0.2) is 0 Å². The fourth-order valence-electron chi connectivity index (χ4n) is 14.5. The van der Waals surface area contributed by atoms with Gasteiger partial charge in [0.2, 0.25) is 6.29 Å². The first-order valence-corrected chi connectivity index (χ1v) is 23.9. The van der Waals surface area contributed by atoms with E-state index in [4.69, 9.17) is 28.4 Å². The van der Waals surface area contributed by atoms with Gasteiger partial charge in [0, 0.05) is 0 Å². The number of ether oxygens (including phenoxy) is 6. The van der Waals surface area contributed by atoms with Gasteiger partial charge in [-0.15, -0.1) is 0 Å². The lowest BCUT2D eigenvalue weighted by atomic mass is 9.33. The minimum atomic E-state index is -1.89. The summed E-state index contributed by atoms with van der Waals surface area (Å²) in [4.78, 5) is 27.5. The number of carbonyl (C=O) groups excluding carboxylic acids is 2. The SMILES string of the molecule is C[C@H]1O[C@@H](O[C@H]2[C@@H](O)[C@@H](O)[C@H](OC[C@H]3O[C@@H](OC(=O)[C@]45CC[C@@](C)(O)C[C@H]4C4=CCC6[C@@]7(C)CC[C@H](O)[C@@](C)(C=O)C7CC[C@@]6(C)[C@]4(C)CC5)[C@H](O)[C@H](O)[C@@H]3O)O[C@@H]2CO)[C@H](O)[C@H](O)[C@H]1O. The van der Waals surface area contributed by atoms with Crippen molar-refractivity contribution < 1.29 is 94.2 Å². The van der Waals surface area contributed by atoms with E-state index in [9.17, 15) is 65.8 Å². The monoisotopic (exact) mass is 942 g/mol. The molecule has 7 fully saturated rings. The molecule has 2 unspecified atom stereocenters. The second-order valence-corrected chi connectivity index (χ2v) is 22.5. The summed E-state index contributed by atoms with van der Waals surface area (Å²) in [6.45, 7) is 10.6. The molecule has 25 atom stereocenters. The van der Waals surface area contributed by atoms with Crippen LogP contribution < -0.4 is 0 Å². The second-order valence-electron chi connectivity index (χ2n) is 22.5. The van der Waals surface area contributed by atoms with E-state index in [1.165, 1.54) is 6.92 Å². The Bertz CT molecular complexity index is 1830. The van der Waals surface area contributed by atoms with Crippen LogP contribution >= 0.6 is 0 Å². The predicted octanol–water partition coefficient (Wildman–Crippen LogP) is -0.928. The number of aldehydes is 1. The molecule has 8 aliphatic rings. The van der Waals surface area contributed by atoms with Crippen LogP contribution in [0.2, 0.25) is 0 Å².